The van der Waals surface area contributed by atoms with E-state index in [-0.39, 0.29) is 18.3 Å². The van der Waals surface area contributed by atoms with E-state index in [1.807, 2.05) is 31.2 Å². The van der Waals surface area contributed by atoms with Crippen LogP contribution in [0.3, 0.4) is 0 Å². The SMILES string of the molecule is CCC(CO)Nc1nc(C(=O)O)cc2ccccc12. The first-order chi connectivity index (χ1) is 9.15. The highest BCUT2D eigenvalue weighted by Crippen LogP contribution is 2.23. The van der Waals surface area contributed by atoms with E-state index in [4.69, 9.17) is 5.11 Å². The van der Waals surface area contributed by atoms with E-state index in [2.05, 4.69) is 10.3 Å². The monoisotopic (exact) mass is 260 g/mol. The molecule has 1 aromatic heterocycles. The lowest BCUT2D eigenvalue weighted by molar-refractivity contribution is 0.0691. The van der Waals surface area contributed by atoms with Crippen molar-refractivity contribution in [3.63, 3.8) is 0 Å². The Hall–Kier alpha value is -2.14. The minimum atomic E-state index is -1.06. The Kier molecular flexibility index (Phi) is 3.97. The lowest BCUT2D eigenvalue weighted by Gasteiger charge is -2.16. The van der Waals surface area contributed by atoms with Crippen molar-refractivity contribution < 1.29 is 15.0 Å². The molecule has 0 aliphatic heterocycles. The van der Waals surface area contributed by atoms with Gasteiger partial charge in [-0.3, -0.25) is 0 Å². The Morgan fingerprint density at radius 3 is 2.79 bits per heavy atom. The van der Waals surface area contributed by atoms with Crippen LogP contribution in [-0.4, -0.2) is 33.8 Å². The smallest absolute Gasteiger partial charge is 0.354 e. The number of pyridine rings is 1. The Bertz CT molecular complexity index is 594. The van der Waals surface area contributed by atoms with Crippen LogP contribution in [0, 0.1) is 0 Å². The summed E-state index contributed by atoms with van der Waals surface area (Å²) < 4.78 is 0. The molecule has 0 spiro atoms. The Labute approximate surface area is 110 Å². The summed E-state index contributed by atoms with van der Waals surface area (Å²) in [6.07, 6.45) is 0.726. The van der Waals surface area contributed by atoms with Gasteiger partial charge in [-0.2, -0.15) is 0 Å². The summed E-state index contributed by atoms with van der Waals surface area (Å²) in [6.45, 7) is 1.92. The third-order valence-electron chi connectivity index (χ3n) is 3.01. The highest BCUT2D eigenvalue weighted by atomic mass is 16.4. The average Bonchev–Trinajstić information content (AvgIpc) is 2.44. The summed E-state index contributed by atoms with van der Waals surface area (Å²) in [7, 11) is 0. The van der Waals surface area contributed by atoms with Gasteiger partial charge in [0.25, 0.3) is 0 Å². The van der Waals surface area contributed by atoms with Crippen molar-refractivity contribution in [3.05, 3.63) is 36.0 Å². The highest BCUT2D eigenvalue weighted by Gasteiger charge is 2.13. The molecule has 1 heterocycles. The second kappa shape index (κ2) is 5.67. The van der Waals surface area contributed by atoms with Gasteiger partial charge in [-0.25, -0.2) is 9.78 Å². The lowest BCUT2D eigenvalue weighted by atomic mass is 10.1. The van der Waals surface area contributed by atoms with Crippen LogP contribution in [-0.2, 0) is 0 Å². The maximum Gasteiger partial charge on any atom is 0.354 e. The summed E-state index contributed by atoms with van der Waals surface area (Å²) in [5, 5.41) is 23.1. The molecule has 19 heavy (non-hydrogen) atoms. The number of carboxylic acid groups (broad SMARTS) is 1. The predicted molar refractivity (Wildman–Crippen MR) is 73.5 cm³/mol. The summed E-state index contributed by atoms with van der Waals surface area (Å²) in [5.41, 5.74) is -0.00556. The van der Waals surface area contributed by atoms with Crippen molar-refractivity contribution in [2.24, 2.45) is 0 Å². The summed E-state index contributed by atoms with van der Waals surface area (Å²) >= 11 is 0. The first-order valence-corrected chi connectivity index (χ1v) is 6.16. The third kappa shape index (κ3) is 2.82. The van der Waals surface area contributed by atoms with Crippen LogP contribution in [0.15, 0.2) is 30.3 Å². The molecule has 2 rings (SSSR count). The number of carbonyl (C=O) groups is 1. The minimum absolute atomic E-state index is 0.00556. The number of aromatic carboxylic acids is 1. The molecule has 1 unspecified atom stereocenters. The van der Waals surface area contributed by atoms with E-state index >= 15 is 0 Å². The van der Waals surface area contributed by atoms with E-state index in [0.29, 0.717) is 5.82 Å². The molecule has 3 N–H and O–H groups in total. The van der Waals surface area contributed by atoms with Crippen LogP contribution >= 0.6 is 0 Å². The number of aliphatic hydroxyl groups is 1. The van der Waals surface area contributed by atoms with Gasteiger partial charge in [-0.1, -0.05) is 31.2 Å². The van der Waals surface area contributed by atoms with Gasteiger partial charge in [0.1, 0.15) is 5.82 Å². The molecule has 0 saturated carbocycles. The number of rotatable bonds is 5. The number of aromatic nitrogens is 1. The van der Waals surface area contributed by atoms with Gasteiger partial charge in [0.2, 0.25) is 0 Å². The Balaban J connectivity index is 2.53. The number of benzene rings is 1. The van der Waals surface area contributed by atoms with E-state index in [1.165, 1.54) is 0 Å². The topological polar surface area (TPSA) is 82.5 Å². The number of hydrogen-bond donors (Lipinski definition) is 3. The van der Waals surface area contributed by atoms with E-state index in [9.17, 15) is 9.90 Å². The maximum absolute atomic E-state index is 11.1. The van der Waals surface area contributed by atoms with Crippen molar-refractivity contribution in [1.82, 2.24) is 4.98 Å². The van der Waals surface area contributed by atoms with Crippen molar-refractivity contribution >= 4 is 22.6 Å². The predicted octanol–water partition coefficient (Wildman–Crippen LogP) is 2.12. The van der Waals surface area contributed by atoms with E-state index < -0.39 is 5.97 Å². The largest absolute Gasteiger partial charge is 0.477 e. The molecular weight excluding hydrogens is 244 g/mol. The fourth-order valence-corrected chi connectivity index (χ4v) is 1.89. The normalized spacial score (nSPS) is 12.3. The molecule has 100 valence electrons. The van der Waals surface area contributed by atoms with Crippen LogP contribution in [0.2, 0.25) is 0 Å². The molecule has 0 amide bonds. The summed E-state index contributed by atoms with van der Waals surface area (Å²) in [5.74, 6) is -0.567. The fourth-order valence-electron chi connectivity index (χ4n) is 1.89. The van der Waals surface area contributed by atoms with Gasteiger partial charge >= 0.3 is 5.97 Å². The molecule has 1 atom stereocenters. The van der Waals surface area contributed by atoms with Crippen LogP contribution in [0.4, 0.5) is 5.82 Å². The quantitative estimate of drug-likeness (QED) is 0.767. The average molecular weight is 260 g/mol. The first-order valence-electron chi connectivity index (χ1n) is 6.16. The molecule has 0 radical (unpaired) electrons. The molecule has 0 fully saturated rings. The van der Waals surface area contributed by atoms with Crippen molar-refractivity contribution in [3.8, 4) is 0 Å². The minimum Gasteiger partial charge on any atom is -0.477 e. The first kappa shape index (κ1) is 13.3. The molecule has 1 aromatic carbocycles. The number of nitrogens with one attached hydrogen (secondary N) is 1. The van der Waals surface area contributed by atoms with Crippen molar-refractivity contribution in [2.75, 3.05) is 11.9 Å². The van der Waals surface area contributed by atoms with Crippen molar-refractivity contribution in [1.29, 1.82) is 0 Å². The second-order valence-corrected chi connectivity index (χ2v) is 4.31. The van der Waals surface area contributed by atoms with Gasteiger partial charge in [0.05, 0.1) is 12.6 Å². The summed E-state index contributed by atoms with van der Waals surface area (Å²) in [6, 6.07) is 8.84. The van der Waals surface area contributed by atoms with Gasteiger partial charge in [-0.15, -0.1) is 0 Å². The van der Waals surface area contributed by atoms with Crippen LogP contribution in [0.1, 0.15) is 23.8 Å². The molecule has 0 aliphatic carbocycles. The standard InChI is InChI=1S/C14H16N2O3/c1-2-10(8-17)15-13-11-6-4-3-5-9(11)7-12(16-13)14(18)19/h3-7,10,17H,2,8H2,1H3,(H,15,16)(H,18,19). The third-order valence-corrected chi connectivity index (χ3v) is 3.01. The van der Waals surface area contributed by atoms with Crippen LogP contribution in [0.25, 0.3) is 10.8 Å². The number of fused-ring (bicyclic) bond motifs is 1. The Morgan fingerprint density at radius 1 is 1.42 bits per heavy atom. The number of anilines is 1. The second-order valence-electron chi connectivity index (χ2n) is 4.31. The lowest BCUT2D eigenvalue weighted by Crippen LogP contribution is -2.23. The van der Waals surface area contributed by atoms with Gasteiger partial charge in [0, 0.05) is 5.39 Å². The van der Waals surface area contributed by atoms with Gasteiger partial charge in [-0.05, 0) is 17.9 Å². The van der Waals surface area contributed by atoms with Crippen LogP contribution < -0.4 is 5.32 Å². The number of nitrogens with zero attached hydrogens (tertiary/aromatic N) is 1. The number of hydrogen-bond acceptors (Lipinski definition) is 4. The highest BCUT2D eigenvalue weighted by molar-refractivity contribution is 5.97. The van der Waals surface area contributed by atoms with E-state index in [1.54, 1.807) is 6.07 Å². The Morgan fingerprint density at radius 2 is 2.16 bits per heavy atom. The van der Waals surface area contributed by atoms with Gasteiger partial charge < -0.3 is 15.5 Å². The number of aliphatic hydroxyl groups excluding tert-OH is 1. The molecule has 5 heteroatoms. The molecular formula is C14H16N2O3. The van der Waals surface area contributed by atoms with Gasteiger partial charge in [0.15, 0.2) is 5.69 Å². The zero-order valence-corrected chi connectivity index (χ0v) is 10.6. The van der Waals surface area contributed by atoms with Crippen molar-refractivity contribution in [2.45, 2.75) is 19.4 Å². The number of carboxylic acids is 1. The molecule has 0 bridgehead atoms. The zero-order chi connectivity index (χ0) is 13.8. The molecule has 5 nitrogen and oxygen atoms in total. The van der Waals surface area contributed by atoms with Crippen LogP contribution in [0.5, 0.6) is 0 Å². The van der Waals surface area contributed by atoms with E-state index in [0.717, 1.165) is 17.2 Å². The molecule has 2 aromatic rings. The fraction of sp³-hybridized carbons (Fsp3) is 0.286. The maximum atomic E-state index is 11.1. The molecule has 0 saturated heterocycles. The zero-order valence-electron chi connectivity index (χ0n) is 10.6. The molecule has 0 aliphatic rings. The summed E-state index contributed by atoms with van der Waals surface area (Å²) in [4.78, 5) is 15.2.